The summed E-state index contributed by atoms with van der Waals surface area (Å²) in [4.78, 5) is 11.3. The Labute approximate surface area is 122 Å². The van der Waals surface area contributed by atoms with Crippen molar-refractivity contribution in [2.24, 2.45) is 0 Å². The number of ether oxygens (including phenoxy) is 3. The minimum absolute atomic E-state index is 0.0919. The first kappa shape index (κ1) is 14.8. The maximum Gasteiger partial charge on any atom is 0.340 e. The van der Waals surface area contributed by atoms with Gasteiger partial charge < -0.3 is 14.2 Å². The van der Waals surface area contributed by atoms with Crippen molar-refractivity contribution in [1.29, 1.82) is 0 Å². The van der Waals surface area contributed by atoms with Crippen LogP contribution in [0.3, 0.4) is 0 Å². The minimum Gasteiger partial charge on any atom is -0.497 e. The van der Waals surface area contributed by atoms with E-state index in [2.05, 4.69) is 4.74 Å². The van der Waals surface area contributed by atoms with E-state index in [-0.39, 0.29) is 12.2 Å². The fourth-order valence-electron chi connectivity index (χ4n) is 1.76. The second-order valence-electron chi connectivity index (χ2n) is 4.27. The average Bonchev–Trinajstić information content (AvgIpc) is 2.52. The molecule has 0 fully saturated rings. The van der Waals surface area contributed by atoms with Crippen LogP contribution in [-0.2, 0) is 11.3 Å². The predicted molar refractivity (Wildman–Crippen MR) is 75.1 cm³/mol. The second-order valence-corrected chi connectivity index (χ2v) is 4.27. The molecule has 0 aliphatic heterocycles. The molecule has 0 saturated heterocycles. The van der Waals surface area contributed by atoms with Crippen molar-refractivity contribution >= 4 is 5.97 Å². The van der Waals surface area contributed by atoms with Crippen molar-refractivity contribution in [2.75, 3.05) is 14.2 Å². The fraction of sp³-hybridized carbons (Fsp3) is 0.188. The van der Waals surface area contributed by atoms with E-state index in [1.807, 2.05) is 0 Å². The molecular weight excluding hydrogens is 275 g/mol. The summed E-state index contributed by atoms with van der Waals surface area (Å²) in [6.07, 6.45) is 0. The molecule has 0 aliphatic carbocycles. The fourth-order valence-corrected chi connectivity index (χ4v) is 1.76. The summed E-state index contributed by atoms with van der Waals surface area (Å²) < 4.78 is 28.8. The molecule has 0 spiro atoms. The van der Waals surface area contributed by atoms with Gasteiger partial charge in [-0.3, -0.25) is 0 Å². The van der Waals surface area contributed by atoms with Gasteiger partial charge in [-0.1, -0.05) is 6.07 Å². The largest absolute Gasteiger partial charge is 0.497 e. The zero-order chi connectivity index (χ0) is 15.2. The predicted octanol–water partition coefficient (Wildman–Crippen LogP) is 3.20. The summed E-state index contributed by atoms with van der Waals surface area (Å²) in [5.41, 5.74) is 0.529. The highest BCUT2D eigenvalue weighted by atomic mass is 19.1. The molecule has 0 aliphatic rings. The SMILES string of the molecule is COC(=O)c1ccc(COc2ccc(OC)cc2)cc1F. The van der Waals surface area contributed by atoms with Gasteiger partial charge in [-0.2, -0.15) is 0 Å². The zero-order valence-corrected chi connectivity index (χ0v) is 11.8. The van der Waals surface area contributed by atoms with Crippen molar-refractivity contribution in [3.63, 3.8) is 0 Å². The molecule has 0 heterocycles. The quantitative estimate of drug-likeness (QED) is 0.793. The highest BCUT2D eigenvalue weighted by Crippen LogP contribution is 2.19. The van der Waals surface area contributed by atoms with Crippen molar-refractivity contribution in [3.05, 3.63) is 59.4 Å². The van der Waals surface area contributed by atoms with E-state index < -0.39 is 11.8 Å². The second kappa shape index (κ2) is 6.74. The lowest BCUT2D eigenvalue weighted by Gasteiger charge is -2.08. The topological polar surface area (TPSA) is 44.8 Å². The van der Waals surface area contributed by atoms with Crippen molar-refractivity contribution in [3.8, 4) is 11.5 Å². The van der Waals surface area contributed by atoms with Gasteiger partial charge in [-0.25, -0.2) is 9.18 Å². The Hall–Kier alpha value is -2.56. The van der Waals surface area contributed by atoms with Crippen LogP contribution in [0.4, 0.5) is 4.39 Å². The van der Waals surface area contributed by atoms with Crippen LogP contribution < -0.4 is 9.47 Å². The molecule has 5 heteroatoms. The molecule has 2 aromatic carbocycles. The normalized spacial score (nSPS) is 10.0. The van der Waals surface area contributed by atoms with E-state index in [0.717, 1.165) is 5.75 Å². The van der Waals surface area contributed by atoms with Crippen LogP contribution in [0.15, 0.2) is 42.5 Å². The molecule has 0 N–H and O–H groups in total. The Morgan fingerprint density at radius 2 is 1.71 bits per heavy atom. The number of hydrogen-bond donors (Lipinski definition) is 0. The first-order valence-corrected chi connectivity index (χ1v) is 6.27. The van der Waals surface area contributed by atoms with Gasteiger partial charge in [-0.15, -0.1) is 0 Å². The van der Waals surface area contributed by atoms with Gasteiger partial charge in [-0.05, 0) is 42.0 Å². The van der Waals surface area contributed by atoms with Crippen LogP contribution in [0, 0.1) is 5.82 Å². The third kappa shape index (κ3) is 3.72. The number of halogens is 1. The average molecular weight is 290 g/mol. The van der Waals surface area contributed by atoms with Crippen LogP contribution in [0.5, 0.6) is 11.5 Å². The van der Waals surface area contributed by atoms with E-state index in [4.69, 9.17) is 9.47 Å². The molecule has 0 atom stereocenters. The Morgan fingerprint density at radius 1 is 1.05 bits per heavy atom. The first-order chi connectivity index (χ1) is 10.1. The highest BCUT2D eigenvalue weighted by Gasteiger charge is 2.12. The summed E-state index contributed by atoms with van der Waals surface area (Å²) >= 11 is 0. The number of hydrogen-bond acceptors (Lipinski definition) is 4. The van der Waals surface area contributed by atoms with Crippen molar-refractivity contribution in [2.45, 2.75) is 6.61 Å². The summed E-state index contributed by atoms with van der Waals surface area (Å²) in [5.74, 6) is 0.0527. The van der Waals surface area contributed by atoms with E-state index in [0.29, 0.717) is 11.3 Å². The molecule has 2 rings (SSSR count). The summed E-state index contributed by atoms with van der Waals surface area (Å²) in [6, 6.07) is 11.3. The van der Waals surface area contributed by atoms with Gasteiger partial charge >= 0.3 is 5.97 Å². The molecule has 0 amide bonds. The molecule has 0 aromatic heterocycles. The summed E-state index contributed by atoms with van der Waals surface area (Å²) in [6.45, 7) is 0.199. The smallest absolute Gasteiger partial charge is 0.340 e. The molecular formula is C16H15FO4. The van der Waals surface area contributed by atoms with Crippen LogP contribution in [0.2, 0.25) is 0 Å². The van der Waals surface area contributed by atoms with E-state index in [1.54, 1.807) is 37.4 Å². The maximum atomic E-state index is 13.7. The van der Waals surface area contributed by atoms with Gasteiger partial charge in [0.05, 0.1) is 19.8 Å². The van der Waals surface area contributed by atoms with E-state index >= 15 is 0 Å². The number of carbonyl (C=O) groups excluding carboxylic acids is 1. The Bertz CT molecular complexity index is 623. The van der Waals surface area contributed by atoms with Crippen LogP contribution in [-0.4, -0.2) is 20.2 Å². The van der Waals surface area contributed by atoms with Crippen LogP contribution in [0.25, 0.3) is 0 Å². The lowest BCUT2D eigenvalue weighted by Crippen LogP contribution is -2.05. The molecule has 4 nitrogen and oxygen atoms in total. The standard InChI is InChI=1S/C16H15FO4/c1-19-12-4-6-13(7-5-12)21-10-11-3-8-14(15(17)9-11)16(18)20-2/h3-9H,10H2,1-2H3. The van der Waals surface area contributed by atoms with Crippen LogP contribution >= 0.6 is 0 Å². The number of benzene rings is 2. The first-order valence-electron chi connectivity index (χ1n) is 6.27. The van der Waals surface area contributed by atoms with Gasteiger partial charge in [0.15, 0.2) is 0 Å². The van der Waals surface area contributed by atoms with Gasteiger partial charge in [0, 0.05) is 0 Å². The molecule has 2 aromatic rings. The van der Waals surface area contributed by atoms with Gasteiger partial charge in [0.25, 0.3) is 0 Å². The lowest BCUT2D eigenvalue weighted by atomic mass is 10.1. The third-order valence-corrected chi connectivity index (χ3v) is 2.90. The monoisotopic (exact) mass is 290 g/mol. The van der Waals surface area contributed by atoms with Crippen molar-refractivity contribution < 1.29 is 23.4 Å². The Balaban J connectivity index is 2.03. The number of esters is 1. The highest BCUT2D eigenvalue weighted by molar-refractivity contribution is 5.89. The lowest BCUT2D eigenvalue weighted by molar-refractivity contribution is 0.0595. The molecule has 21 heavy (non-hydrogen) atoms. The Morgan fingerprint density at radius 3 is 2.29 bits per heavy atom. The maximum absolute atomic E-state index is 13.7. The third-order valence-electron chi connectivity index (χ3n) is 2.90. The number of carbonyl (C=O) groups is 1. The number of methoxy groups -OCH3 is 2. The molecule has 0 unspecified atom stereocenters. The Kier molecular flexibility index (Phi) is 4.77. The zero-order valence-electron chi connectivity index (χ0n) is 11.8. The summed E-state index contributed by atoms with van der Waals surface area (Å²) in [7, 11) is 2.80. The van der Waals surface area contributed by atoms with E-state index in [1.165, 1.54) is 19.2 Å². The minimum atomic E-state index is -0.699. The molecule has 0 radical (unpaired) electrons. The van der Waals surface area contributed by atoms with Gasteiger partial charge in [0.2, 0.25) is 0 Å². The number of rotatable bonds is 5. The molecule has 0 saturated carbocycles. The molecule has 0 bridgehead atoms. The summed E-state index contributed by atoms with van der Waals surface area (Å²) in [5, 5.41) is 0. The van der Waals surface area contributed by atoms with E-state index in [9.17, 15) is 9.18 Å². The van der Waals surface area contributed by atoms with Crippen molar-refractivity contribution in [1.82, 2.24) is 0 Å². The van der Waals surface area contributed by atoms with Crippen LogP contribution in [0.1, 0.15) is 15.9 Å². The molecule has 110 valence electrons. The van der Waals surface area contributed by atoms with Gasteiger partial charge in [0.1, 0.15) is 23.9 Å².